The summed E-state index contributed by atoms with van der Waals surface area (Å²) < 4.78 is 0. The molecule has 84 valence electrons. The molecular formula is C12H18ClNO. The summed E-state index contributed by atoms with van der Waals surface area (Å²) in [6.07, 6.45) is -0.466. The van der Waals surface area contributed by atoms with Gasteiger partial charge in [0.05, 0.1) is 12.0 Å². The maximum atomic E-state index is 9.52. The molecule has 0 aromatic heterocycles. The lowest BCUT2D eigenvalue weighted by atomic mass is 10.2. The van der Waals surface area contributed by atoms with Crippen molar-refractivity contribution in [2.24, 2.45) is 0 Å². The maximum absolute atomic E-state index is 9.52. The average Bonchev–Trinajstić information content (AvgIpc) is 2.25. The summed E-state index contributed by atoms with van der Waals surface area (Å²) in [4.78, 5) is 2.13. The number of anilines is 1. The highest BCUT2D eigenvalue weighted by Crippen LogP contribution is 2.16. The highest BCUT2D eigenvalue weighted by molar-refractivity contribution is 6.18. The van der Waals surface area contributed by atoms with E-state index in [-0.39, 0.29) is 5.88 Å². The van der Waals surface area contributed by atoms with E-state index in [1.807, 2.05) is 6.07 Å². The standard InChI is InChI=1S/C12H18ClNO/c1-3-14(9-12(15)8-13)11-6-4-5-10(2)7-11/h4-7,12,15H,3,8-9H2,1-2H3. The molecule has 1 unspecified atom stereocenters. The van der Waals surface area contributed by atoms with Crippen LogP contribution in [0.4, 0.5) is 5.69 Å². The van der Waals surface area contributed by atoms with Crippen molar-refractivity contribution >= 4 is 17.3 Å². The van der Waals surface area contributed by atoms with Crippen LogP contribution in [-0.2, 0) is 0 Å². The number of aliphatic hydroxyl groups is 1. The Morgan fingerprint density at radius 2 is 2.20 bits per heavy atom. The molecule has 0 heterocycles. The van der Waals surface area contributed by atoms with Crippen LogP contribution in [0.1, 0.15) is 12.5 Å². The van der Waals surface area contributed by atoms with Gasteiger partial charge in [-0.05, 0) is 31.5 Å². The van der Waals surface area contributed by atoms with Crippen LogP contribution >= 0.6 is 11.6 Å². The predicted octanol–water partition coefficient (Wildman–Crippen LogP) is 2.42. The minimum Gasteiger partial charge on any atom is -0.390 e. The van der Waals surface area contributed by atoms with Crippen molar-refractivity contribution in [3.63, 3.8) is 0 Å². The van der Waals surface area contributed by atoms with E-state index in [1.54, 1.807) is 0 Å². The molecule has 1 aromatic carbocycles. The van der Waals surface area contributed by atoms with E-state index >= 15 is 0 Å². The van der Waals surface area contributed by atoms with Gasteiger partial charge in [0.2, 0.25) is 0 Å². The van der Waals surface area contributed by atoms with Gasteiger partial charge in [0.15, 0.2) is 0 Å². The zero-order chi connectivity index (χ0) is 11.3. The van der Waals surface area contributed by atoms with Crippen molar-refractivity contribution < 1.29 is 5.11 Å². The number of benzene rings is 1. The first-order valence-electron chi connectivity index (χ1n) is 5.23. The van der Waals surface area contributed by atoms with Gasteiger partial charge in [0.25, 0.3) is 0 Å². The first-order chi connectivity index (χ1) is 7.17. The van der Waals surface area contributed by atoms with E-state index in [9.17, 15) is 5.11 Å². The van der Waals surface area contributed by atoms with Crippen molar-refractivity contribution in [2.45, 2.75) is 20.0 Å². The Labute approximate surface area is 96.5 Å². The van der Waals surface area contributed by atoms with Gasteiger partial charge in [-0.1, -0.05) is 12.1 Å². The molecule has 1 atom stereocenters. The van der Waals surface area contributed by atoms with Gasteiger partial charge >= 0.3 is 0 Å². The van der Waals surface area contributed by atoms with Crippen LogP contribution in [0.3, 0.4) is 0 Å². The Kier molecular flexibility index (Phi) is 4.92. The normalized spacial score (nSPS) is 12.5. The van der Waals surface area contributed by atoms with Crippen molar-refractivity contribution in [1.82, 2.24) is 0 Å². The third-order valence-electron chi connectivity index (χ3n) is 2.36. The third kappa shape index (κ3) is 3.73. The second-order valence-corrected chi connectivity index (χ2v) is 3.99. The van der Waals surface area contributed by atoms with Gasteiger partial charge in [-0.2, -0.15) is 0 Å². The third-order valence-corrected chi connectivity index (χ3v) is 2.71. The van der Waals surface area contributed by atoms with E-state index in [4.69, 9.17) is 11.6 Å². The van der Waals surface area contributed by atoms with E-state index < -0.39 is 6.10 Å². The minimum absolute atomic E-state index is 0.280. The summed E-state index contributed by atoms with van der Waals surface area (Å²) in [5.41, 5.74) is 2.37. The number of hydrogen-bond acceptors (Lipinski definition) is 2. The fraction of sp³-hybridized carbons (Fsp3) is 0.500. The Balaban J connectivity index is 2.73. The van der Waals surface area contributed by atoms with E-state index in [2.05, 4.69) is 36.9 Å². The number of alkyl halides is 1. The van der Waals surface area contributed by atoms with Crippen molar-refractivity contribution in [2.75, 3.05) is 23.9 Å². The zero-order valence-electron chi connectivity index (χ0n) is 9.28. The molecule has 15 heavy (non-hydrogen) atoms. The fourth-order valence-corrected chi connectivity index (χ4v) is 1.64. The van der Waals surface area contributed by atoms with E-state index in [0.717, 1.165) is 12.2 Å². The molecule has 0 saturated carbocycles. The number of likely N-dealkylation sites (N-methyl/N-ethyl adjacent to an activating group) is 1. The lowest BCUT2D eigenvalue weighted by Crippen LogP contribution is -2.33. The van der Waals surface area contributed by atoms with Gasteiger partial charge in [-0.3, -0.25) is 0 Å². The van der Waals surface area contributed by atoms with E-state index in [1.165, 1.54) is 5.56 Å². The summed E-state index contributed by atoms with van der Waals surface area (Å²) in [6, 6.07) is 8.26. The molecule has 0 bridgehead atoms. The van der Waals surface area contributed by atoms with Crippen LogP contribution in [0.2, 0.25) is 0 Å². The fourth-order valence-electron chi connectivity index (χ4n) is 1.54. The molecule has 0 saturated heterocycles. The minimum atomic E-state index is -0.466. The first-order valence-corrected chi connectivity index (χ1v) is 5.76. The van der Waals surface area contributed by atoms with Gasteiger partial charge < -0.3 is 10.0 Å². The molecule has 0 aliphatic heterocycles. The molecule has 2 nitrogen and oxygen atoms in total. The molecule has 1 aromatic rings. The molecular weight excluding hydrogens is 210 g/mol. The van der Waals surface area contributed by atoms with Gasteiger partial charge in [-0.15, -0.1) is 11.6 Å². The summed E-state index contributed by atoms with van der Waals surface area (Å²) >= 11 is 5.60. The lowest BCUT2D eigenvalue weighted by Gasteiger charge is -2.25. The largest absolute Gasteiger partial charge is 0.390 e. The van der Waals surface area contributed by atoms with Crippen LogP contribution in [0.15, 0.2) is 24.3 Å². The SMILES string of the molecule is CCN(CC(O)CCl)c1cccc(C)c1. The zero-order valence-corrected chi connectivity index (χ0v) is 10.0. The second kappa shape index (κ2) is 5.99. The molecule has 0 radical (unpaired) electrons. The van der Waals surface area contributed by atoms with Crippen LogP contribution in [0.25, 0.3) is 0 Å². The van der Waals surface area contributed by atoms with Crippen LogP contribution < -0.4 is 4.90 Å². The molecule has 0 aliphatic carbocycles. The Bertz CT molecular complexity index is 303. The van der Waals surface area contributed by atoms with Gasteiger partial charge in [0, 0.05) is 18.8 Å². The first kappa shape index (κ1) is 12.3. The Hall–Kier alpha value is -0.730. The van der Waals surface area contributed by atoms with E-state index in [0.29, 0.717) is 6.54 Å². The maximum Gasteiger partial charge on any atom is 0.0850 e. The number of nitrogens with zero attached hydrogens (tertiary/aromatic N) is 1. The highest BCUT2D eigenvalue weighted by atomic mass is 35.5. The molecule has 1 rings (SSSR count). The summed E-state index contributed by atoms with van der Waals surface area (Å²) in [7, 11) is 0. The van der Waals surface area contributed by atoms with Crippen LogP contribution in [0, 0.1) is 6.92 Å². The lowest BCUT2D eigenvalue weighted by molar-refractivity contribution is 0.203. The summed E-state index contributed by atoms with van der Waals surface area (Å²) in [6.45, 7) is 5.60. The molecule has 3 heteroatoms. The Morgan fingerprint density at radius 1 is 1.47 bits per heavy atom. The predicted molar refractivity (Wildman–Crippen MR) is 65.8 cm³/mol. The van der Waals surface area contributed by atoms with Crippen molar-refractivity contribution in [3.05, 3.63) is 29.8 Å². The highest BCUT2D eigenvalue weighted by Gasteiger charge is 2.09. The smallest absolute Gasteiger partial charge is 0.0850 e. The van der Waals surface area contributed by atoms with Gasteiger partial charge in [0.1, 0.15) is 0 Å². The topological polar surface area (TPSA) is 23.5 Å². The van der Waals surface area contributed by atoms with Crippen LogP contribution in [0.5, 0.6) is 0 Å². The molecule has 1 N–H and O–H groups in total. The number of hydrogen-bond donors (Lipinski definition) is 1. The summed E-state index contributed by atoms with van der Waals surface area (Å²) in [5.74, 6) is 0.280. The molecule has 0 spiro atoms. The number of aliphatic hydroxyl groups excluding tert-OH is 1. The van der Waals surface area contributed by atoms with Crippen LogP contribution in [-0.4, -0.2) is 30.2 Å². The summed E-state index contributed by atoms with van der Waals surface area (Å²) in [5, 5.41) is 9.52. The van der Waals surface area contributed by atoms with Gasteiger partial charge in [-0.25, -0.2) is 0 Å². The average molecular weight is 228 g/mol. The number of rotatable bonds is 5. The molecule has 0 amide bonds. The number of halogens is 1. The molecule has 0 aliphatic rings. The quantitative estimate of drug-likeness (QED) is 0.781. The van der Waals surface area contributed by atoms with Crippen molar-refractivity contribution in [3.8, 4) is 0 Å². The second-order valence-electron chi connectivity index (χ2n) is 3.69. The Morgan fingerprint density at radius 3 is 2.73 bits per heavy atom. The van der Waals surface area contributed by atoms with Crippen molar-refractivity contribution in [1.29, 1.82) is 0 Å². The molecule has 0 fully saturated rings. The monoisotopic (exact) mass is 227 g/mol. The number of aryl methyl sites for hydroxylation is 1.